The number of Topliss-reactive ketones (excluding diaryl/α,β-unsaturated/α-hetero) is 1. The summed E-state index contributed by atoms with van der Waals surface area (Å²) in [7, 11) is 0. The van der Waals surface area contributed by atoms with Crippen LogP contribution in [0.1, 0.15) is 41.1 Å². The highest BCUT2D eigenvalue weighted by atomic mass is 32.2. The van der Waals surface area contributed by atoms with Crippen LogP contribution in [-0.2, 0) is 17.6 Å². The monoisotopic (exact) mass is 411 g/mol. The molecule has 2 aromatic heterocycles. The van der Waals surface area contributed by atoms with E-state index in [4.69, 9.17) is 0 Å². The van der Waals surface area contributed by atoms with Gasteiger partial charge in [-0.05, 0) is 61.9 Å². The summed E-state index contributed by atoms with van der Waals surface area (Å²) in [6.07, 6.45) is 4.95. The lowest BCUT2D eigenvalue weighted by atomic mass is 9.89. The fraction of sp³-hybridized carbons (Fsp3) is 0.333. The van der Waals surface area contributed by atoms with E-state index in [1.54, 1.807) is 41.9 Å². The van der Waals surface area contributed by atoms with E-state index in [1.165, 1.54) is 35.5 Å². The molecule has 1 aliphatic rings. The van der Waals surface area contributed by atoms with Crippen LogP contribution in [0.25, 0.3) is 10.2 Å². The zero-order valence-electron chi connectivity index (χ0n) is 15.8. The number of nitrogens with zero attached hydrogens (tertiary/aromatic N) is 2. The second-order valence-electron chi connectivity index (χ2n) is 7.18. The smallest absolute Gasteiger partial charge is 0.234 e. The highest BCUT2D eigenvalue weighted by Crippen LogP contribution is 2.40. The molecule has 0 bridgehead atoms. The molecule has 0 fully saturated rings. The van der Waals surface area contributed by atoms with Gasteiger partial charge in [-0.3, -0.25) is 9.59 Å². The minimum absolute atomic E-state index is 0.00898. The van der Waals surface area contributed by atoms with Gasteiger partial charge in [-0.15, -0.1) is 11.3 Å². The number of rotatable bonds is 5. The van der Waals surface area contributed by atoms with Gasteiger partial charge in [-0.2, -0.15) is 0 Å². The number of benzene rings is 1. The Hall–Kier alpha value is -2.25. The lowest BCUT2D eigenvalue weighted by molar-refractivity contribution is -0.113. The lowest BCUT2D eigenvalue weighted by Gasteiger charge is -2.18. The number of hydrogen-bond donors (Lipinski definition) is 1. The molecule has 0 spiro atoms. The molecule has 1 aromatic carbocycles. The summed E-state index contributed by atoms with van der Waals surface area (Å²) < 4.78 is 0. The summed E-state index contributed by atoms with van der Waals surface area (Å²) in [5, 5.41) is 4.90. The Balaban J connectivity index is 1.46. The molecule has 1 atom stereocenters. The van der Waals surface area contributed by atoms with Crippen LogP contribution in [0, 0.1) is 5.92 Å². The summed E-state index contributed by atoms with van der Waals surface area (Å²) in [4.78, 5) is 35.1. The molecule has 144 valence electrons. The third-order valence-corrected chi connectivity index (χ3v) is 7.12. The molecule has 0 saturated carbocycles. The van der Waals surface area contributed by atoms with Crippen molar-refractivity contribution in [3.05, 3.63) is 46.6 Å². The highest BCUT2D eigenvalue weighted by Gasteiger charge is 2.23. The van der Waals surface area contributed by atoms with E-state index in [1.807, 2.05) is 0 Å². The van der Waals surface area contributed by atoms with Gasteiger partial charge >= 0.3 is 0 Å². The predicted octanol–water partition coefficient (Wildman–Crippen LogP) is 4.75. The molecule has 28 heavy (non-hydrogen) atoms. The number of thioether (sulfide) groups is 1. The molecule has 7 heteroatoms. The standard InChI is InChI=1S/C21H21N3O2S2/c1-12-3-8-16-17(9-12)28-21-19(16)20(22-11-23-21)27-10-18(26)24-15-6-4-14(5-7-15)13(2)25/h4-7,11-12H,3,8-10H2,1-2H3,(H,24,26)/t12-/m0/s1. The van der Waals surface area contributed by atoms with Gasteiger partial charge < -0.3 is 5.32 Å². The Labute approximate surface area is 172 Å². The Morgan fingerprint density at radius 1 is 1.25 bits per heavy atom. The van der Waals surface area contributed by atoms with Crippen LogP contribution < -0.4 is 5.32 Å². The van der Waals surface area contributed by atoms with Gasteiger partial charge in [0.05, 0.1) is 5.75 Å². The van der Waals surface area contributed by atoms with Gasteiger partial charge in [-0.25, -0.2) is 9.97 Å². The molecular weight excluding hydrogens is 390 g/mol. The molecule has 3 aromatic rings. The minimum atomic E-state index is -0.0925. The molecule has 1 aliphatic carbocycles. The van der Waals surface area contributed by atoms with E-state index in [-0.39, 0.29) is 17.4 Å². The van der Waals surface area contributed by atoms with Crippen molar-refractivity contribution in [1.82, 2.24) is 9.97 Å². The molecule has 0 radical (unpaired) electrons. The average molecular weight is 412 g/mol. The van der Waals surface area contributed by atoms with Crippen molar-refractivity contribution in [3.8, 4) is 0 Å². The first-order chi connectivity index (χ1) is 13.5. The molecule has 0 unspecified atom stereocenters. The van der Waals surface area contributed by atoms with Gasteiger partial charge in [0.1, 0.15) is 16.2 Å². The number of ketones is 1. The van der Waals surface area contributed by atoms with Crippen LogP contribution >= 0.6 is 23.1 Å². The van der Waals surface area contributed by atoms with Crippen molar-refractivity contribution >= 4 is 50.7 Å². The number of amides is 1. The number of aryl methyl sites for hydroxylation is 1. The van der Waals surface area contributed by atoms with Gasteiger partial charge in [0.25, 0.3) is 0 Å². The fourth-order valence-electron chi connectivity index (χ4n) is 3.47. The first-order valence-corrected chi connectivity index (χ1v) is 11.1. The van der Waals surface area contributed by atoms with E-state index < -0.39 is 0 Å². The summed E-state index contributed by atoms with van der Waals surface area (Å²) >= 11 is 3.22. The predicted molar refractivity (Wildman–Crippen MR) is 114 cm³/mol. The second-order valence-corrected chi connectivity index (χ2v) is 9.23. The summed E-state index contributed by atoms with van der Waals surface area (Å²) in [6, 6.07) is 6.94. The maximum atomic E-state index is 12.4. The summed E-state index contributed by atoms with van der Waals surface area (Å²) in [5.41, 5.74) is 2.69. The molecule has 1 amide bonds. The number of hydrogen-bond acceptors (Lipinski definition) is 6. The molecule has 5 nitrogen and oxygen atoms in total. The van der Waals surface area contributed by atoms with Crippen molar-refractivity contribution < 1.29 is 9.59 Å². The second kappa shape index (κ2) is 8.01. The molecule has 4 rings (SSSR count). The third-order valence-electron chi connectivity index (χ3n) is 4.97. The van der Waals surface area contributed by atoms with E-state index in [9.17, 15) is 9.59 Å². The molecule has 0 saturated heterocycles. The highest BCUT2D eigenvalue weighted by molar-refractivity contribution is 8.00. The van der Waals surface area contributed by atoms with Gasteiger partial charge in [-0.1, -0.05) is 18.7 Å². The zero-order chi connectivity index (χ0) is 19.7. The molecular formula is C21H21N3O2S2. The normalized spacial score (nSPS) is 16.0. The summed E-state index contributed by atoms with van der Waals surface area (Å²) in [5.74, 6) is 0.909. The SMILES string of the molecule is CC(=O)c1ccc(NC(=O)CSc2ncnc3sc4c(c23)CC[C@H](C)C4)cc1. The van der Waals surface area contributed by atoms with E-state index in [0.29, 0.717) is 17.2 Å². The van der Waals surface area contributed by atoms with Crippen LogP contribution in [0.15, 0.2) is 35.6 Å². The van der Waals surface area contributed by atoms with Crippen molar-refractivity contribution in [2.24, 2.45) is 5.92 Å². The number of fused-ring (bicyclic) bond motifs is 3. The van der Waals surface area contributed by atoms with Crippen LogP contribution in [0.4, 0.5) is 5.69 Å². The first-order valence-electron chi connectivity index (χ1n) is 9.30. The Kier molecular flexibility index (Phi) is 5.46. The van der Waals surface area contributed by atoms with E-state index in [2.05, 4.69) is 22.2 Å². The summed E-state index contributed by atoms with van der Waals surface area (Å²) in [6.45, 7) is 3.82. The number of carbonyl (C=O) groups is 2. The number of aromatic nitrogens is 2. The fourth-order valence-corrected chi connectivity index (χ4v) is 5.72. The molecule has 2 heterocycles. The first kappa shape index (κ1) is 19.1. The molecule has 1 N–H and O–H groups in total. The van der Waals surface area contributed by atoms with E-state index in [0.717, 1.165) is 28.1 Å². The van der Waals surface area contributed by atoms with Gasteiger partial charge in [0.2, 0.25) is 5.91 Å². The van der Waals surface area contributed by atoms with Gasteiger partial charge in [0, 0.05) is 21.5 Å². The largest absolute Gasteiger partial charge is 0.325 e. The quantitative estimate of drug-likeness (QED) is 0.373. The van der Waals surface area contributed by atoms with Crippen molar-refractivity contribution in [2.45, 2.75) is 38.1 Å². The minimum Gasteiger partial charge on any atom is -0.325 e. The average Bonchev–Trinajstić information content (AvgIpc) is 3.04. The van der Waals surface area contributed by atoms with Crippen molar-refractivity contribution in [2.75, 3.05) is 11.1 Å². The van der Waals surface area contributed by atoms with Crippen LogP contribution in [0.2, 0.25) is 0 Å². The Morgan fingerprint density at radius 3 is 2.79 bits per heavy atom. The maximum Gasteiger partial charge on any atom is 0.234 e. The molecule has 0 aliphatic heterocycles. The maximum absolute atomic E-state index is 12.4. The van der Waals surface area contributed by atoms with Crippen LogP contribution in [-0.4, -0.2) is 27.4 Å². The lowest BCUT2D eigenvalue weighted by Crippen LogP contribution is -2.14. The van der Waals surface area contributed by atoms with Crippen molar-refractivity contribution in [3.63, 3.8) is 0 Å². The Bertz CT molecular complexity index is 1040. The van der Waals surface area contributed by atoms with Crippen LogP contribution in [0.3, 0.4) is 0 Å². The van der Waals surface area contributed by atoms with Crippen LogP contribution in [0.5, 0.6) is 0 Å². The Morgan fingerprint density at radius 2 is 2.04 bits per heavy atom. The number of thiophene rings is 1. The number of carbonyl (C=O) groups excluding carboxylic acids is 2. The number of nitrogens with one attached hydrogen (secondary N) is 1. The number of anilines is 1. The van der Waals surface area contributed by atoms with E-state index >= 15 is 0 Å². The van der Waals surface area contributed by atoms with Gasteiger partial charge in [0.15, 0.2) is 5.78 Å². The topological polar surface area (TPSA) is 72.0 Å². The van der Waals surface area contributed by atoms with Crippen molar-refractivity contribution in [1.29, 1.82) is 0 Å². The third kappa shape index (κ3) is 3.95. The zero-order valence-corrected chi connectivity index (χ0v) is 17.5.